The Morgan fingerprint density at radius 1 is 1.00 bits per heavy atom. The van der Waals surface area contributed by atoms with Crippen LogP contribution in [-0.4, -0.2) is 6.09 Å². The van der Waals surface area contributed by atoms with Gasteiger partial charge >= 0.3 is 6.09 Å². The molecule has 4 heteroatoms. The third-order valence-electron chi connectivity index (χ3n) is 3.96. The fourth-order valence-electron chi connectivity index (χ4n) is 2.63. The van der Waals surface area contributed by atoms with Crippen LogP contribution in [0.5, 0.6) is 0 Å². The van der Waals surface area contributed by atoms with Gasteiger partial charge in [-0.1, -0.05) is 66.2 Å². The van der Waals surface area contributed by atoms with E-state index in [-0.39, 0.29) is 6.61 Å². The van der Waals surface area contributed by atoms with Crippen molar-refractivity contribution in [1.82, 2.24) is 0 Å². The van der Waals surface area contributed by atoms with E-state index in [1.165, 1.54) is 0 Å². The summed E-state index contributed by atoms with van der Waals surface area (Å²) in [6.45, 7) is 2.24. The van der Waals surface area contributed by atoms with Crippen molar-refractivity contribution in [2.75, 3.05) is 5.32 Å². The van der Waals surface area contributed by atoms with Gasteiger partial charge in [-0.05, 0) is 47.4 Å². The van der Waals surface area contributed by atoms with Crippen LogP contribution in [0.15, 0.2) is 72.8 Å². The normalized spacial score (nSPS) is 10.3. The molecule has 3 rings (SSSR count). The number of benzene rings is 3. The van der Waals surface area contributed by atoms with Crippen LogP contribution in [0.2, 0.25) is 5.02 Å². The molecule has 126 valence electrons. The molecule has 3 nitrogen and oxygen atoms in total. The molecule has 0 heterocycles. The molecule has 0 aromatic heterocycles. The number of carbonyl (C=O) groups is 1. The van der Waals surface area contributed by atoms with E-state index in [9.17, 15) is 4.79 Å². The number of rotatable bonds is 4. The Labute approximate surface area is 152 Å². The van der Waals surface area contributed by atoms with E-state index in [1.807, 2.05) is 37.3 Å². The van der Waals surface area contributed by atoms with Crippen LogP contribution in [0.3, 0.4) is 0 Å². The lowest BCUT2D eigenvalue weighted by Crippen LogP contribution is -2.13. The summed E-state index contributed by atoms with van der Waals surface area (Å²) < 4.78 is 5.35. The molecule has 25 heavy (non-hydrogen) atoms. The minimum absolute atomic E-state index is 0.207. The quantitative estimate of drug-likeness (QED) is 0.620. The topological polar surface area (TPSA) is 38.3 Å². The van der Waals surface area contributed by atoms with Crippen molar-refractivity contribution in [2.24, 2.45) is 0 Å². The van der Waals surface area contributed by atoms with Crippen molar-refractivity contribution in [3.63, 3.8) is 0 Å². The van der Waals surface area contributed by atoms with Crippen molar-refractivity contribution >= 4 is 23.4 Å². The number of anilines is 1. The summed E-state index contributed by atoms with van der Waals surface area (Å²) in [5.74, 6) is 0. The van der Waals surface area contributed by atoms with Gasteiger partial charge in [0.05, 0.1) is 0 Å². The first-order valence-corrected chi connectivity index (χ1v) is 8.34. The number of nitrogens with one attached hydrogen (secondary N) is 1. The first-order chi connectivity index (χ1) is 12.1. The van der Waals surface area contributed by atoms with Crippen LogP contribution >= 0.6 is 11.6 Å². The highest BCUT2D eigenvalue weighted by atomic mass is 35.5. The van der Waals surface area contributed by atoms with E-state index in [0.29, 0.717) is 10.7 Å². The third-order valence-corrected chi connectivity index (χ3v) is 4.20. The van der Waals surface area contributed by atoms with E-state index in [4.69, 9.17) is 16.3 Å². The van der Waals surface area contributed by atoms with E-state index in [2.05, 4.69) is 23.5 Å². The minimum atomic E-state index is -0.508. The molecule has 3 aromatic rings. The fraction of sp³-hybridized carbons (Fsp3) is 0.0952. The van der Waals surface area contributed by atoms with Gasteiger partial charge in [0.2, 0.25) is 0 Å². The maximum atomic E-state index is 12.0. The standard InChI is InChI=1S/C21H18ClNO2/c1-15-17(9-5-12-20(15)16-7-3-2-4-8-16)14-25-21(24)23-19-11-6-10-18(22)13-19/h2-13H,14H2,1H3,(H,23,24). The molecule has 0 saturated heterocycles. The summed E-state index contributed by atoms with van der Waals surface area (Å²) in [6.07, 6.45) is -0.508. The maximum absolute atomic E-state index is 12.0. The molecule has 0 aliphatic heterocycles. The summed E-state index contributed by atoms with van der Waals surface area (Å²) in [7, 11) is 0. The Hall–Kier alpha value is -2.78. The molecule has 0 aliphatic rings. The van der Waals surface area contributed by atoms with E-state index < -0.39 is 6.09 Å². The van der Waals surface area contributed by atoms with E-state index in [0.717, 1.165) is 22.3 Å². The van der Waals surface area contributed by atoms with Gasteiger partial charge in [0.1, 0.15) is 6.61 Å². The SMILES string of the molecule is Cc1c(COC(=O)Nc2cccc(Cl)c2)cccc1-c1ccccc1. The predicted molar refractivity (Wildman–Crippen MR) is 102 cm³/mol. The Bertz CT molecular complexity index is 878. The lowest BCUT2D eigenvalue weighted by Gasteiger charge is -2.12. The van der Waals surface area contributed by atoms with Gasteiger partial charge in [-0.25, -0.2) is 4.79 Å². The zero-order valence-corrected chi connectivity index (χ0v) is 14.6. The largest absolute Gasteiger partial charge is 0.444 e. The van der Waals surface area contributed by atoms with Crippen LogP contribution in [0.4, 0.5) is 10.5 Å². The Morgan fingerprint density at radius 2 is 1.76 bits per heavy atom. The highest BCUT2D eigenvalue weighted by molar-refractivity contribution is 6.30. The van der Waals surface area contributed by atoms with Crippen molar-refractivity contribution in [3.05, 3.63) is 88.9 Å². The molecule has 0 unspecified atom stereocenters. The molecule has 0 spiro atoms. The molecular weight excluding hydrogens is 334 g/mol. The van der Waals surface area contributed by atoms with E-state index in [1.54, 1.807) is 24.3 Å². The molecular formula is C21H18ClNO2. The van der Waals surface area contributed by atoms with Crippen molar-refractivity contribution in [1.29, 1.82) is 0 Å². The first kappa shape index (κ1) is 17.1. The van der Waals surface area contributed by atoms with Gasteiger partial charge in [0.15, 0.2) is 0 Å². The average Bonchev–Trinajstić information content (AvgIpc) is 2.61. The second-order valence-corrected chi connectivity index (χ2v) is 6.10. The zero-order valence-electron chi connectivity index (χ0n) is 13.8. The zero-order chi connectivity index (χ0) is 17.6. The van der Waals surface area contributed by atoms with E-state index >= 15 is 0 Å². The summed E-state index contributed by atoms with van der Waals surface area (Å²) >= 11 is 5.91. The lowest BCUT2D eigenvalue weighted by atomic mass is 9.97. The second kappa shape index (κ2) is 7.86. The first-order valence-electron chi connectivity index (χ1n) is 7.97. The number of hydrogen-bond donors (Lipinski definition) is 1. The summed E-state index contributed by atoms with van der Waals surface area (Å²) in [6, 6.07) is 23.1. The minimum Gasteiger partial charge on any atom is -0.444 e. The highest BCUT2D eigenvalue weighted by Gasteiger charge is 2.09. The van der Waals surface area contributed by atoms with Gasteiger partial charge in [-0.2, -0.15) is 0 Å². The monoisotopic (exact) mass is 351 g/mol. The number of halogens is 1. The van der Waals surface area contributed by atoms with Crippen molar-refractivity contribution in [2.45, 2.75) is 13.5 Å². The smallest absolute Gasteiger partial charge is 0.411 e. The average molecular weight is 352 g/mol. The number of amides is 1. The van der Waals surface area contributed by atoms with Crippen LogP contribution in [0, 0.1) is 6.92 Å². The van der Waals surface area contributed by atoms with Crippen LogP contribution in [-0.2, 0) is 11.3 Å². The molecule has 0 saturated carbocycles. The summed E-state index contributed by atoms with van der Waals surface area (Å²) in [5.41, 5.74) is 4.96. The highest BCUT2D eigenvalue weighted by Crippen LogP contribution is 2.26. The number of hydrogen-bond acceptors (Lipinski definition) is 2. The molecule has 0 atom stereocenters. The van der Waals surface area contributed by atoms with Crippen molar-refractivity contribution in [3.8, 4) is 11.1 Å². The molecule has 0 bridgehead atoms. The lowest BCUT2D eigenvalue weighted by molar-refractivity contribution is 0.155. The second-order valence-electron chi connectivity index (χ2n) is 5.67. The molecule has 0 aliphatic carbocycles. The molecule has 1 N–H and O–H groups in total. The van der Waals surface area contributed by atoms with Crippen molar-refractivity contribution < 1.29 is 9.53 Å². The van der Waals surface area contributed by atoms with Crippen LogP contribution in [0.25, 0.3) is 11.1 Å². The Morgan fingerprint density at radius 3 is 2.52 bits per heavy atom. The Kier molecular flexibility index (Phi) is 5.36. The third kappa shape index (κ3) is 4.40. The van der Waals surface area contributed by atoms with Crippen LogP contribution in [0.1, 0.15) is 11.1 Å². The van der Waals surface area contributed by atoms with Gasteiger partial charge in [0.25, 0.3) is 0 Å². The van der Waals surface area contributed by atoms with Gasteiger partial charge in [-0.3, -0.25) is 5.32 Å². The predicted octanol–water partition coefficient (Wildman–Crippen LogP) is 6.06. The fourth-order valence-corrected chi connectivity index (χ4v) is 2.82. The van der Waals surface area contributed by atoms with Gasteiger partial charge in [-0.15, -0.1) is 0 Å². The molecule has 0 radical (unpaired) electrons. The molecule has 0 fully saturated rings. The summed E-state index contributed by atoms with van der Waals surface area (Å²) in [4.78, 5) is 12.0. The Balaban J connectivity index is 1.68. The summed E-state index contributed by atoms with van der Waals surface area (Å²) in [5, 5.41) is 3.23. The number of ether oxygens (including phenoxy) is 1. The van der Waals surface area contributed by atoms with Gasteiger partial charge < -0.3 is 4.74 Å². The van der Waals surface area contributed by atoms with Crippen LogP contribution < -0.4 is 5.32 Å². The molecule has 3 aromatic carbocycles. The maximum Gasteiger partial charge on any atom is 0.411 e. The molecule has 1 amide bonds. The van der Waals surface area contributed by atoms with Gasteiger partial charge in [0, 0.05) is 10.7 Å². The number of carbonyl (C=O) groups excluding carboxylic acids is 1.